The lowest BCUT2D eigenvalue weighted by molar-refractivity contribution is -0.153. The number of Topliss-reactive ketones (excluding diaryl/α,β-unsaturated/α-hetero) is 1. The number of thiazole rings is 1. The molecule has 6 nitrogen and oxygen atoms in total. The van der Waals surface area contributed by atoms with E-state index in [2.05, 4.69) is 11.1 Å². The smallest absolute Gasteiger partial charge is 0.309 e. The number of hydrogen-bond acceptors (Lipinski definition) is 7. The SMILES string of the molecule is C/C(=C\c1csc(C)n1)[C@@H]1C/C=C\CCC[C@H](C)[C@H](O)CC(=O)C(C)(C)[C@@H](O)CC(=O)O1. The van der Waals surface area contributed by atoms with E-state index < -0.39 is 29.7 Å². The normalized spacial score (nSPS) is 30.0. The number of carbonyl (C=O) groups is 2. The molecule has 0 aromatic carbocycles. The number of cyclic esters (lactones) is 1. The van der Waals surface area contributed by atoms with Gasteiger partial charge in [0.25, 0.3) is 0 Å². The Kier molecular flexibility index (Phi) is 9.80. The summed E-state index contributed by atoms with van der Waals surface area (Å²) in [4.78, 5) is 29.9. The van der Waals surface area contributed by atoms with Crippen molar-refractivity contribution in [2.24, 2.45) is 11.3 Å². The van der Waals surface area contributed by atoms with Crippen LogP contribution in [0.25, 0.3) is 6.08 Å². The van der Waals surface area contributed by atoms with Gasteiger partial charge in [0.05, 0.1) is 29.3 Å². The zero-order chi connectivity index (χ0) is 23.9. The van der Waals surface area contributed by atoms with Crippen molar-refractivity contribution in [3.63, 3.8) is 0 Å². The number of rotatable bonds is 2. The van der Waals surface area contributed by atoms with Crippen molar-refractivity contribution in [2.75, 3.05) is 0 Å². The van der Waals surface area contributed by atoms with Crippen LogP contribution in [0.2, 0.25) is 0 Å². The second kappa shape index (κ2) is 11.9. The largest absolute Gasteiger partial charge is 0.457 e. The summed E-state index contributed by atoms with van der Waals surface area (Å²) in [6, 6.07) is 0. The fourth-order valence-electron chi connectivity index (χ4n) is 3.65. The Morgan fingerprint density at radius 2 is 1.97 bits per heavy atom. The Labute approximate surface area is 195 Å². The van der Waals surface area contributed by atoms with E-state index in [9.17, 15) is 19.8 Å². The van der Waals surface area contributed by atoms with Gasteiger partial charge >= 0.3 is 5.97 Å². The van der Waals surface area contributed by atoms with Gasteiger partial charge in [0, 0.05) is 23.6 Å². The summed E-state index contributed by atoms with van der Waals surface area (Å²) in [5, 5.41) is 24.0. The minimum absolute atomic E-state index is 0.0161. The molecule has 0 radical (unpaired) electrons. The molecule has 2 heterocycles. The minimum atomic E-state index is -1.19. The number of aliphatic hydroxyl groups excluding tert-OH is 2. The predicted octanol–water partition coefficient (Wildman–Crippen LogP) is 4.63. The maximum atomic E-state index is 12.8. The van der Waals surface area contributed by atoms with Crippen LogP contribution in [0, 0.1) is 18.3 Å². The fraction of sp³-hybridized carbons (Fsp3) is 0.640. The highest BCUT2D eigenvalue weighted by molar-refractivity contribution is 7.09. The molecule has 0 aliphatic carbocycles. The third-order valence-electron chi connectivity index (χ3n) is 6.30. The Bertz CT molecular complexity index is 841. The van der Waals surface area contributed by atoms with E-state index in [1.807, 2.05) is 38.3 Å². The molecule has 0 unspecified atom stereocenters. The van der Waals surface area contributed by atoms with E-state index in [4.69, 9.17) is 4.74 Å². The number of hydrogen-bond donors (Lipinski definition) is 2. The molecule has 0 spiro atoms. The monoisotopic (exact) mass is 463 g/mol. The first-order valence-corrected chi connectivity index (χ1v) is 12.2. The van der Waals surface area contributed by atoms with Crippen molar-refractivity contribution in [3.05, 3.63) is 33.8 Å². The second-order valence-electron chi connectivity index (χ2n) is 9.41. The molecule has 1 aromatic rings. The molecule has 2 rings (SSSR count). The molecule has 0 saturated heterocycles. The number of aromatic nitrogens is 1. The summed E-state index contributed by atoms with van der Waals surface area (Å²) in [6.45, 7) is 9.02. The summed E-state index contributed by atoms with van der Waals surface area (Å²) >= 11 is 1.56. The van der Waals surface area contributed by atoms with E-state index in [0.717, 1.165) is 35.5 Å². The van der Waals surface area contributed by atoms with Gasteiger partial charge in [0.1, 0.15) is 11.9 Å². The van der Waals surface area contributed by atoms with Gasteiger partial charge in [-0.15, -0.1) is 11.3 Å². The van der Waals surface area contributed by atoms with Gasteiger partial charge in [0.15, 0.2) is 0 Å². The van der Waals surface area contributed by atoms with E-state index in [0.29, 0.717) is 6.42 Å². The maximum absolute atomic E-state index is 12.8. The highest BCUT2D eigenvalue weighted by atomic mass is 32.1. The molecule has 32 heavy (non-hydrogen) atoms. The Morgan fingerprint density at radius 1 is 1.25 bits per heavy atom. The number of ketones is 1. The van der Waals surface area contributed by atoms with E-state index >= 15 is 0 Å². The quantitative estimate of drug-likeness (QED) is 0.490. The zero-order valence-electron chi connectivity index (χ0n) is 19.8. The molecular weight excluding hydrogens is 426 g/mol. The van der Waals surface area contributed by atoms with Crippen LogP contribution in [0.3, 0.4) is 0 Å². The molecule has 0 bridgehead atoms. The molecule has 0 amide bonds. The molecule has 0 saturated carbocycles. The van der Waals surface area contributed by atoms with Crippen LogP contribution in [-0.4, -0.2) is 45.3 Å². The van der Waals surface area contributed by atoms with E-state index in [1.54, 1.807) is 25.2 Å². The van der Waals surface area contributed by atoms with Crippen LogP contribution in [0.5, 0.6) is 0 Å². The number of nitrogens with zero attached hydrogens (tertiary/aromatic N) is 1. The average Bonchev–Trinajstić information content (AvgIpc) is 3.12. The highest BCUT2D eigenvalue weighted by Crippen LogP contribution is 2.29. The Hall–Kier alpha value is -1.83. The third-order valence-corrected chi connectivity index (χ3v) is 7.10. The first-order valence-electron chi connectivity index (χ1n) is 11.3. The number of allylic oxidation sites excluding steroid dienone is 1. The average molecular weight is 464 g/mol. The van der Waals surface area contributed by atoms with Crippen molar-refractivity contribution in [1.82, 2.24) is 4.98 Å². The van der Waals surface area contributed by atoms with Gasteiger partial charge < -0.3 is 14.9 Å². The van der Waals surface area contributed by atoms with Crippen LogP contribution in [0.4, 0.5) is 0 Å². The van der Waals surface area contributed by atoms with Gasteiger partial charge in [-0.2, -0.15) is 0 Å². The van der Waals surface area contributed by atoms with Crippen molar-refractivity contribution >= 4 is 29.2 Å². The number of esters is 1. The standard InChI is InChI=1S/C25H37NO5S/c1-16-10-8-6-7-9-11-21(17(2)12-19-15-32-18(3)26-19)31-24(30)14-23(29)25(4,5)22(28)13-20(16)27/h7,9,12,15-16,20-21,23,27,29H,6,8,10-11,13-14H2,1-5H3/b9-7-,17-12+/t16-,20+,21-,23-/m0/s1. The van der Waals surface area contributed by atoms with Gasteiger partial charge in [0.2, 0.25) is 0 Å². The van der Waals surface area contributed by atoms with Crippen molar-refractivity contribution in [1.29, 1.82) is 0 Å². The molecule has 1 aliphatic rings. The molecule has 7 heteroatoms. The summed E-state index contributed by atoms with van der Waals surface area (Å²) in [6.07, 6.45) is 6.33. The second-order valence-corrected chi connectivity index (χ2v) is 10.5. The molecule has 178 valence electrons. The molecule has 1 aliphatic heterocycles. The summed E-state index contributed by atoms with van der Waals surface area (Å²) in [7, 11) is 0. The number of aryl methyl sites for hydroxylation is 1. The van der Waals surface area contributed by atoms with Crippen LogP contribution >= 0.6 is 11.3 Å². The van der Waals surface area contributed by atoms with Gasteiger partial charge in [-0.25, -0.2) is 4.98 Å². The third kappa shape index (κ3) is 7.64. The van der Waals surface area contributed by atoms with Crippen molar-refractivity contribution in [2.45, 2.75) is 91.5 Å². The molecular formula is C25H37NO5S. The molecule has 0 fully saturated rings. The fourth-order valence-corrected chi connectivity index (χ4v) is 4.22. The Morgan fingerprint density at radius 3 is 2.62 bits per heavy atom. The predicted molar refractivity (Wildman–Crippen MR) is 127 cm³/mol. The minimum Gasteiger partial charge on any atom is -0.457 e. The van der Waals surface area contributed by atoms with E-state index in [-0.39, 0.29) is 24.5 Å². The lowest BCUT2D eigenvalue weighted by atomic mass is 9.77. The van der Waals surface area contributed by atoms with Crippen molar-refractivity contribution < 1.29 is 24.5 Å². The lowest BCUT2D eigenvalue weighted by Gasteiger charge is -2.31. The summed E-state index contributed by atoms with van der Waals surface area (Å²) in [5.74, 6) is -0.826. The van der Waals surface area contributed by atoms with Crippen LogP contribution in [-0.2, 0) is 14.3 Å². The van der Waals surface area contributed by atoms with Gasteiger partial charge in [-0.1, -0.05) is 32.9 Å². The zero-order valence-corrected chi connectivity index (χ0v) is 20.7. The number of ether oxygens (including phenoxy) is 1. The topological polar surface area (TPSA) is 96.7 Å². The number of carbonyl (C=O) groups excluding carboxylic acids is 2. The van der Waals surface area contributed by atoms with Gasteiger partial charge in [-0.05, 0) is 50.7 Å². The molecule has 2 N–H and O–H groups in total. The number of aliphatic hydroxyl groups is 2. The maximum Gasteiger partial charge on any atom is 0.309 e. The Balaban J connectivity index is 2.23. The summed E-state index contributed by atoms with van der Waals surface area (Å²) < 4.78 is 5.73. The first-order chi connectivity index (χ1) is 15.0. The van der Waals surface area contributed by atoms with Crippen LogP contribution in [0.1, 0.15) is 76.9 Å². The van der Waals surface area contributed by atoms with Crippen LogP contribution < -0.4 is 0 Å². The van der Waals surface area contributed by atoms with E-state index in [1.165, 1.54) is 0 Å². The summed E-state index contributed by atoms with van der Waals surface area (Å²) in [5.41, 5.74) is 0.544. The lowest BCUT2D eigenvalue weighted by Crippen LogP contribution is -2.41. The van der Waals surface area contributed by atoms with Gasteiger partial charge in [-0.3, -0.25) is 9.59 Å². The van der Waals surface area contributed by atoms with Crippen molar-refractivity contribution in [3.8, 4) is 0 Å². The van der Waals surface area contributed by atoms with Crippen LogP contribution in [0.15, 0.2) is 23.1 Å². The molecule has 4 atom stereocenters. The molecule has 1 aromatic heterocycles. The highest BCUT2D eigenvalue weighted by Gasteiger charge is 2.38. The first kappa shape index (κ1) is 26.4.